The number of benzene rings is 2. The van der Waals surface area contributed by atoms with E-state index in [2.05, 4.69) is 10.2 Å². The molecule has 166 valence electrons. The van der Waals surface area contributed by atoms with Crippen molar-refractivity contribution >= 4 is 23.4 Å². The van der Waals surface area contributed by atoms with Crippen molar-refractivity contribution in [3.05, 3.63) is 75.4 Å². The molecule has 1 aliphatic rings. The molecular formula is C22H15ClF4N2O3. The summed E-state index contributed by atoms with van der Waals surface area (Å²) in [5, 5.41) is 15.5. The van der Waals surface area contributed by atoms with Gasteiger partial charge in [-0.15, -0.1) is 0 Å². The number of aromatic carboxylic acids is 1. The summed E-state index contributed by atoms with van der Waals surface area (Å²) >= 11 is 5.93. The first kappa shape index (κ1) is 22.0. The zero-order valence-electron chi connectivity index (χ0n) is 16.2. The van der Waals surface area contributed by atoms with E-state index in [-0.39, 0.29) is 34.7 Å². The SMILES string of the molecule is O=C(O)c1ccc(-c2n[nH]c3c2C(F)C(C(=O)c2c(Cl)cccc2C(F)(F)F)CC3)cc1. The Labute approximate surface area is 184 Å². The number of hydrogen-bond acceptors (Lipinski definition) is 3. The number of carbonyl (C=O) groups excluding carboxylic acids is 1. The normalized spacial score (nSPS) is 18.3. The lowest BCUT2D eigenvalue weighted by Gasteiger charge is -2.27. The third-order valence-corrected chi connectivity index (χ3v) is 5.84. The number of halogens is 5. The molecule has 2 aromatic carbocycles. The minimum absolute atomic E-state index is 0.0187. The molecule has 2 atom stereocenters. The summed E-state index contributed by atoms with van der Waals surface area (Å²) in [5.74, 6) is -3.53. The number of aromatic amines is 1. The number of hydrogen-bond donors (Lipinski definition) is 2. The highest BCUT2D eigenvalue weighted by atomic mass is 35.5. The third-order valence-electron chi connectivity index (χ3n) is 5.52. The first-order valence-electron chi connectivity index (χ1n) is 9.54. The lowest BCUT2D eigenvalue weighted by atomic mass is 9.79. The van der Waals surface area contributed by atoms with E-state index in [1.165, 1.54) is 30.3 Å². The van der Waals surface area contributed by atoms with E-state index in [0.717, 1.165) is 12.1 Å². The van der Waals surface area contributed by atoms with Gasteiger partial charge >= 0.3 is 12.1 Å². The summed E-state index contributed by atoms with van der Waals surface area (Å²) in [6.07, 6.45) is -6.56. The lowest BCUT2D eigenvalue weighted by molar-refractivity contribution is -0.138. The second kappa shape index (κ2) is 8.05. The predicted octanol–water partition coefficient (Wildman–Crippen LogP) is 5.90. The summed E-state index contributed by atoms with van der Waals surface area (Å²) in [6.45, 7) is 0. The molecule has 1 aliphatic carbocycles. The first-order chi connectivity index (χ1) is 15.1. The van der Waals surface area contributed by atoms with Crippen LogP contribution in [0.5, 0.6) is 0 Å². The molecule has 0 saturated carbocycles. The summed E-state index contributed by atoms with van der Waals surface area (Å²) in [4.78, 5) is 24.1. The molecule has 2 unspecified atom stereocenters. The fourth-order valence-electron chi connectivity index (χ4n) is 3.97. The minimum Gasteiger partial charge on any atom is -0.478 e. The Kier molecular flexibility index (Phi) is 5.54. The molecule has 4 rings (SSSR count). The lowest BCUT2D eigenvalue weighted by Crippen LogP contribution is -2.27. The van der Waals surface area contributed by atoms with E-state index in [1.807, 2.05) is 0 Å². The van der Waals surface area contributed by atoms with Gasteiger partial charge in [-0.1, -0.05) is 29.8 Å². The third kappa shape index (κ3) is 3.77. The number of aromatic nitrogens is 2. The van der Waals surface area contributed by atoms with E-state index in [9.17, 15) is 22.8 Å². The molecule has 0 bridgehead atoms. The number of ketones is 1. The molecule has 2 N–H and O–H groups in total. The molecule has 0 amide bonds. The zero-order chi connectivity index (χ0) is 23.2. The van der Waals surface area contributed by atoms with Crippen molar-refractivity contribution < 1.29 is 32.3 Å². The van der Waals surface area contributed by atoms with Crippen molar-refractivity contribution in [2.45, 2.75) is 25.2 Å². The Balaban J connectivity index is 1.73. The second-order valence-corrected chi connectivity index (χ2v) is 7.83. The average Bonchev–Trinajstić information content (AvgIpc) is 3.18. The van der Waals surface area contributed by atoms with Crippen molar-refractivity contribution in [1.82, 2.24) is 10.2 Å². The topological polar surface area (TPSA) is 83.0 Å². The van der Waals surface area contributed by atoms with Crippen molar-refractivity contribution in [2.24, 2.45) is 5.92 Å². The van der Waals surface area contributed by atoms with Gasteiger partial charge in [-0.2, -0.15) is 18.3 Å². The van der Waals surface area contributed by atoms with Crippen LogP contribution in [0.25, 0.3) is 11.3 Å². The van der Waals surface area contributed by atoms with Gasteiger partial charge in [-0.25, -0.2) is 9.18 Å². The minimum atomic E-state index is -4.83. The first-order valence-corrected chi connectivity index (χ1v) is 9.92. The van der Waals surface area contributed by atoms with Crippen LogP contribution in [0, 0.1) is 5.92 Å². The van der Waals surface area contributed by atoms with E-state index >= 15 is 4.39 Å². The van der Waals surface area contributed by atoms with Crippen LogP contribution in [-0.4, -0.2) is 27.1 Å². The van der Waals surface area contributed by atoms with Crippen LogP contribution in [-0.2, 0) is 12.6 Å². The van der Waals surface area contributed by atoms with Gasteiger partial charge in [0.1, 0.15) is 6.17 Å². The maximum Gasteiger partial charge on any atom is 0.417 e. The average molecular weight is 467 g/mol. The van der Waals surface area contributed by atoms with Gasteiger partial charge in [0.25, 0.3) is 0 Å². The molecule has 0 fully saturated rings. The Hall–Kier alpha value is -3.20. The van der Waals surface area contributed by atoms with Crippen molar-refractivity contribution in [2.75, 3.05) is 0 Å². The van der Waals surface area contributed by atoms with Crippen LogP contribution in [0.4, 0.5) is 17.6 Å². The molecule has 0 saturated heterocycles. The van der Waals surface area contributed by atoms with Crippen LogP contribution in [0.3, 0.4) is 0 Å². The number of alkyl halides is 4. The molecule has 0 aliphatic heterocycles. The smallest absolute Gasteiger partial charge is 0.417 e. The summed E-state index contributed by atoms with van der Waals surface area (Å²) in [5.41, 5.74) is -0.804. The number of H-pyrrole nitrogens is 1. The Bertz CT molecular complexity index is 1200. The van der Waals surface area contributed by atoms with Gasteiger partial charge in [0.2, 0.25) is 0 Å². The number of carboxylic acids is 1. The molecule has 0 spiro atoms. The largest absolute Gasteiger partial charge is 0.478 e. The van der Waals surface area contributed by atoms with Gasteiger partial charge < -0.3 is 5.11 Å². The fraction of sp³-hybridized carbons (Fsp3) is 0.227. The highest BCUT2D eigenvalue weighted by Gasteiger charge is 2.43. The molecule has 5 nitrogen and oxygen atoms in total. The van der Waals surface area contributed by atoms with Gasteiger partial charge in [0.05, 0.1) is 27.8 Å². The van der Waals surface area contributed by atoms with Crippen LogP contribution in [0.15, 0.2) is 42.5 Å². The number of nitrogens with zero attached hydrogens (tertiary/aromatic N) is 1. The van der Waals surface area contributed by atoms with Crippen molar-refractivity contribution in [3.8, 4) is 11.3 Å². The maximum absolute atomic E-state index is 15.6. The molecular weight excluding hydrogens is 452 g/mol. The van der Waals surface area contributed by atoms with Gasteiger partial charge in [0.15, 0.2) is 5.78 Å². The zero-order valence-corrected chi connectivity index (χ0v) is 17.0. The molecule has 1 aromatic heterocycles. The van der Waals surface area contributed by atoms with Gasteiger partial charge in [0, 0.05) is 22.4 Å². The van der Waals surface area contributed by atoms with Crippen LogP contribution < -0.4 is 0 Å². The molecule has 0 radical (unpaired) electrons. The number of fused-ring (bicyclic) bond motifs is 1. The molecule has 32 heavy (non-hydrogen) atoms. The standard InChI is InChI=1S/C22H15ClF4N2O3/c23-14-3-1-2-13(22(25,26)27)16(14)20(30)12-8-9-15-17(18(12)24)19(29-28-15)10-4-6-11(7-5-10)21(31)32/h1-7,12,18H,8-9H2,(H,28,29)(H,31,32). The highest BCUT2D eigenvalue weighted by Crippen LogP contribution is 2.45. The molecule has 1 heterocycles. The van der Waals surface area contributed by atoms with Crippen molar-refractivity contribution in [3.63, 3.8) is 0 Å². The van der Waals surface area contributed by atoms with Gasteiger partial charge in [-0.3, -0.25) is 9.89 Å². The number of carboxylic acid groups (broad SMARTS) is 1. The summed E-state index contributed by atoms with van der Waals surface area (Å²) < 4.78 is 56.0. The number of Topliss-reactive ketones (excluding diaryl/α,β-unsaturated/α-hetero) is 1. The van der Waals surface area contributed by atoms with Crippen LogP contribution in [0.1, 0.15) is 50.1 Å². The number of rotatable bonds is 4. The van der Waals surface area contributed by atoms with Crippen LogP contribution in [0.2, 0.25) is 5.02 Å². The highest BCUT2D eigenvalue weighted by molar-refractivity contribution is 6.34. The predicted molar refractivity (Wildman–Crippen MR) is 107 cm³/mol. The van der Waals surface area contributed by atoms with E-state index in [1.54, 1.807) is 0 Å². The Morgan fingerprint density at radius 3 is 2.44 bits per heavy atom. The van der Waals surface area contributed by atoms with E-state index in [0.29, 0.717) is 11.3 Å². The van der Waals surface area contributed by atoms with Crippen molar-refractivity contribution in [1.29, 1.82) is 0 Å². The van der Waals surface area contributed by atoms with Gasteiger partial charge in [-0.05, 0) is 37.1 Å². The van der Waals surface area contributed by atoms with E-state index in [4.69, 9.17) is 16.7 Å². The molecule has 10 heteroatoms. The van der Waals surface area contributed by atoms with Crippen LogP contribution >= 0.6 is 11.6 Å². The van der Waals surface area contributed by atoms with E-state index < -0.39 is 41.1 Å². The number of aryl methyl sites for hydroxylation is 1. The maximum atomic E-state index is 15.6. The molecule has 3 aromatic rings. The summed E-state index contributed by atoms with van der Waals surface area (Å²) in [7, 11) is 0. The Morgan fingerprint density at radius 1 is 1.12 bits per heavy atom. The number of carbonyl (C=O) groups is 2. The fourth-order valence-corrected chi connectivity index (χ4v) is 4.24. The monoisotopic (exact) mass is 466 g/mol. The Morgan fingerprint density at radius 2 is 1.81 bits per heavy atom. The second-order valence-electron chi connectivity index (χ2n) is 7.42. The quantitative estimate of drug-likeness (QED) is 0.370. The number of nitrogens with one attached hydrogen (secondary N) is 1. The summed E-state index contributed by atoms with van der Waals surface area (Å²) in [6, 6.07) is 8.56.